The Hall–Kier alpha value is -2.11. The van der Waals surface area contributed by atoms with Gasteiger partial charge in [-0.3, -0.25) is 5.32 Å². The van der Waals surface area contributed by atoms with E-state index in [0.717, 1.165) is 0 Å². The minimum absolute atomic E-state index is 0.207. The predicted octanol–water partition coefficient (Wildman–Crippen LogP) is 1.19. The second-order valence-corrected chi connectivity index (χ2v) is 2.74. The summed E-state index contributed by atoms with van der Waals surface area (Å²) in [5.41, 5.74) is 5.97. The lowest BCUT2D eigenvalue weighted by Gasteiger charge is -1.92. The summed E-state index contributed by atoms with van der Waals surface area (Å²) in [5, 5.41) is 2.26. The molecule has 2 rings (SSSR count). The molecule has 0 unspecified atom stereocenters. The van der Waals surface area contributed by atoms with E-state index in [1.165, 1.54) is 18.2 Å². The monoisotopic (exact) mass is 194 g/mol. The summed E-state index contributed by atoms with van der Waals surface area (Å²) >= 11 is 0. The van der Waals surface area contributed by atoms with Crippen LogP contribution in [0.2, 0.25) is 0 Å². The van der Waals surface area contributed by atoms with Gasteiger partial charge in [-0.2, -0.15) is 0 Å². The van der Waals surface area contributed by atoms with Gasteiger partial charge in [-0.15, -0.1) is 0 Å². The van der Waals surface area contributed by atoms with Crippen molar-refractivity contribution in [2.24, 2.45) is 5.73 Å². The molecule has 0 saturated carbocycles. The van der Waals surface area contributed by atoms with Crippen molar-refractivity contribution >= 4 is 23.0 Å². The number of aromatic amines is 1. The van der Waals surface area contributed by atoms with Gasteiger partial charge in [-0.1, -0.05) is 0 Å². The van der Waals surface area contributed by atoms with Crippen LogP contribution in [0, 0.1) is 5.82 Å². The van der Waals surface area contributed by atoms with Crippen molar-refractivity contribution in [1.82, 2.24) is 9.97 Å². The van der Waals surface area contributed by atoms with Crippen molar-refractivity contribution < 1.29 is 9.18 Å². The first-order valence-corrected chi connectivity index (χ1v) is 3.87. The molecule has 0 bridgehead atoms. The van der Waals surface area contributed by atoms with Gasteiger partial charge in [0, 0.05) is 0 Å². The Bertz CT molecular complexity index is 493. The summed E-state index contributed by atoms with van der Waals surface area (Å²) in [7, 11) is 0. The highest BCUT2D eigenvalue weighted by atomic mass is 19.1. The third-order valence-corrected chi connectivity index (χ3v) is 1.69. The molecule has 1 aromatic heterocycles. The zero-order valence-corrected chi connectivity index (χ0v) is 7.04. The van der Waals surface area contributed by atoms with E-state index < -0.39 is 6.03 Å². The Labute approximate surface area is 78.1 Å². The Morgan fingerprint density at radius 1 is 1.57 bits per heavy atom. The van der Waals surface area contributed by atoms with Crippen LogP contribution in [0.3, 0.4) is 0 Å². The van der Waals surface area contributed by atoms with Crippen LogP contribution in [0.5, 0.6) is 0 Å². The molecule has 0 fully saturated rings. The van der Waals surface area contributed by atoms with E-state index in [-0.39, 0.29) is 11.8 Å². The number of nitrogens with two attached hydrogens (primary N) is 1. The minimum Gasteiger partial charge on any atom is -0.351 e. The topological polar surface area (TPSA) is 83.8 Å². The summed E-state index contributed by atoms with van der Waals surface area (Å²) in [6.07, 6.45) is 0. The molecule has 0 saturated heterocycles. The highest BCUT2D eigenvalue weighted by Crippen LogP contribution is 2.14. The number of aromatic nitrogens is 2. The Morgan fingerprint density at radius 3 is 3.07 bits per heavy atom. The number of H-pyrrole nitrogens is 1. The van der Waals surface area contributed by atoms with Crippen LogP contribution in [0.1, 0.15) is 0 Å². The molecule has 0 spiro atoms. The highest BCUT2D eigenvalue weighted by Gasteiger charge is 2.04. The number of fused-ring (bicyclic) bond motifs is 1. The number of imidazole rings is 1. The van der Waals surface area contributed by atoms with Gasteiger partial charge in [-0.25, -0.2) is 14.2 Å². The van der Waals surface area contributed by atoms with Gasteiger partial charge in [0.2, 0.25) is 5.95 Å². The first-order valence-electron chi connectivity index (χ1n) is 3.87. The summed E-state index contributed by atoms with van der Waals surface area (Å²) in [5.74, 6) is -0.162. The Morgan fingerprint density at radius 2 is 2.36 bits per heavy atom. The van der Waals surface area contributed by atoms with Crippen molar-refractivity contribution in [3.05, 3.63) is 24.0 Å². The zero-order chi connectivity index (χ0) is 10.1. The third kappa shape index (κ3) is 1.49. The molecular formula is C8H7FN4O. The average Bonchev–Trinajstić information content (AvgIpc) is 2.44. The lowest BCUT2D eigenvalue weighted by atomic mass is 10.3. The standard InChI is InChI=1S/C8H7FN4O/c9-4-1-2-5-6(3-4)12-8(11-5)13-7(10)14/h1-3H,(H4,10,11,12,13,14). The number of nitrogens with zero attached hydrogens (tertiary/aromatic N) is 1. The van der Waals surface area contributed by atoms with Crippen LogP contribution < -0.4 is 11.1 Å². The quantitative estimate of drug-likeness (QED) is 0.637. The van der Waals surface area contributed by atoms with Gasteiger partial charge < -0.3 is 10.7 Å². The minimum atomic E-state index is -0.718. The summed E-state index contributed by atoms with van der Waals surface area (Å²) in [6.45, 7) is 0. The van der Waals surface area contributed by atoms with Crippen molar-refractivity contribution in [3.8, 4) is 0 Å². The molecule has 0 radical (unpaired) electrons. The predicted molar refractivity (Wildman–Crippen MR) is 49.3 cm³/mol. The van der Waals surface area contributed by atoms with Crippen molar-refractivity contribution in [3.63, 3.8) is 0 Å². The van der Waals surface area contributed by atoms with Crippen molar-refractivity contribution in [1.29, 1.82) is 0 Å². The fourth-order valence-corrected chi connectivity index (χ4v) is 1.16. The number of primary amides is 1. The van der Waals surface area contributed by atoms with Crippen LogP contribution >= 0.6 is 0 Å². The fourth-order valence-electron chi connectivity index (χ4n) is 1.16. The summed E-state index contributed by atoms with van der Waals surface area (Å²) < 4.78 is 12.7. The van der Waals surface area contributed by atoms with Gasteiger partial charge >= 0.3 is 6.03 Å². The maximum absolute atomic E-state index is 12.7. The van der Waals surface area contributed by atoms with Gasteiger partial charge in [-0.05, 0) is 18.2 Å². The third-order valence-electron chi connectivity index (χ3n) is 1.69. The zero-order valence-electron chi connectivity index (χ0n) is 7.04. The van der Waals surface area contributed by atoms with E-state index >= 15 is 0 Å². The molecule has 4 N–H and O–H groups in total. The van der Waals surface area contributed by atoms with Crippen molar-refractivity contribution in [2.75, 3.05) is 5.32 Å². The van der Waals surface area contributed by atoms with Crippen LogP contribution in [0.25, 0.3) is 11.0 Å². The molecule has 0 atom stereocenters. The first-order chi connectivity index (χ1) is 6.65. The number of anilines is 1. The number of carbonyl (C=O) groups is 1. The highest BCUT2D eigenvalue weighted by molar-refractivity contribution is 5.88. The van der Waals surface area contributed by atoms with E-state index in [2.05, 4.69) is 15.3 Å². The molecule has 14 heavy (non-hydrogen) atoms. The molecular weight excluding hydrogens is 187 g/mol. The fraction of sp³-hybridized carbons (Fsp3) is 0. The lowest BCUT2D eigenvalue weighted by molar-refractivity contribution is 0.259. The molecule has 2 aromatic rings. The number of hydrogen-bond acceptors (Lipinski definition) is 2. The van der Waals surface area contributed by atoms with Crippen LogP contribution in [0.15, 0.2) is 18.2 Å². The molecule has 0 aliphatic carbocycles. The average molecular weight is 194 g/mol. The maximum Gasteiger partial charge on any atom is 0.318 e. The largest absolute Gasteiger partial charge is 0.351 e. The second kappa shape index (κ2) is 2.99. The Balaban J connectivity index is 2.46. The molecule has 0 aliphatic heterocycles. The van der Waals surface area contributed by atoms with Gasteiger partial charge in [0.25, 0.3) is 0 Å². The van der Waals surface area contributed by atoms with Crippen LogP contribution in [-0.2, 0) is 0 Å². The lowest BCUT2D eigenvalue weighted by Crippen LogP contribution is -2.19. The van der Waals surface area contributed by atoms with Crippen LogP contribution in [0.4, 0.5) is 15.1 Å². The number of hydrogen-bond donors (Lipinski definition) is 3. The number of benzene rings is 1. The number of halogens is 1. The molecule has 5 nitrogen and oxygen atoms in total. The van der Waals surface area contributed by atoms with Gasteiger partial charge in [0.15, 0.2) is 0 Å². The van der Waals surface area contributed by atoms with Crippen LogP contribution in [-0.4, -0.2) is 16.0 Å². The van der Waals surface area contributed by atoms with E-state index in [4.69, 9.17) is 5.73 Å². The van der Waals surface area contributed by atoms with Gasteiger partial charge in [0.1, 0.15) is 5.82 Å². The first kappa shape index (κ1) is 8.49. The smallest absolute Gasteiger partial charge is 0.318 e. The van der Waals surface area contributed by atoms with E-state index in [0.29, 0.717) is 11.0 Å². The number of urea groups is 1. The number of amides is 2. The Kier molecular flexibility index (Phi) is 1.81. The molecule has 6 heteroatoms. The van der Waals surface area contributed by atoms with Crippen molar-refractivity contribution in [2.45, 2.75) is 0 Å². The maximum atomic E-state index is 12.7. The van der Waals surface area contributed by atoms with E-state index in [1.807, 2.05) is 0 Å². The SMILES string of the molecule is NC(=O)Nc1nc2ccc(F)cc2[nH]1. The number of carbonyl (C=O) groups excluding carboxylic acids is 1. The molecule has 1 aromatic carbocycles. The molecule has 2 amide bonds. The molecule has 72 valence electrons. The van der Waals surface area contributed by atoms with Gasteiger partial charge in [0.05, 0.1) is 11.0 Å². The van der Waals surface area contributed by atoms with E-state index in [1.54, 1.807) is 0 Å². The van der Waals surface area contributed by atoms with E-state index in [9.17, 15) is 9.18 Å². The number of nitrogens with one attached hydrogen (secondary N) is 2. The normalized spacial score (nSPS) is 10.4. The summed E-state index contributed by atoms with van der Waals surface area (Å²) in [4.78, 5) is 17.2. The number of rotatable bonds is 1. The molecule has 0 aliphatic rings. The second-order valence-electron chi connectivity index (χ2n) is 2.74. The summed E-state index contributed by atoms with van der Waals surface area (Å²) in [6, 6.07) is 3.36. The molecule has 1 heterocycles.